The first-order valence-corrected chi connectivity index (χ1v) is 9.86. The summed E-state index contributed by atoms with van der Waals surface area (Å²) in [6, 6.07) is 8.18. The fourth-order valence-electron chi connectivity index (χ4n) is 2.34. The lowest BCUT2D eigenvalue weighted by Crippen LogP contribution is -2.15. The standard InChI is InChI=1S/C16H16N4O5S2/c1-23-11-7-4-8-12(24-2)13(11)27(21,22)20-16-19-18-15(26-16)10-6-5-9-17-14(10)25-3/h4-9H,1-3H3,(H,19,20). The van der Waals surface area contributed by atoms with Gasteiger partial charge in [0.25, 0.3) is 10.0 Å². The van der Waals surface area contributed by atoms with Crippen molar-refractivity contribution in [3.8, 4) is 28.0 Å². The summed E-state index contributed by atoms with van der Waals surface area (Å²) in [5.74, 6) is 0.676. The Morgan fingerprint density at radius 2 is 1.67 bits per heavy atom. The third-order valence-electron chi connectivity index (χ3n) is 3.49. The highest BCUT2D eigenvalue weighted by molar-refractivity contribution is 7.93. The van der Waals surface area contributed by atoms with Crippen LogP contribution in [0.1, 0.15) is 0 Å². The van der Waals surface area contributed by atoms with Crippen molar-refractivity contribution in [3.63, 3.8) is 0 Å². The first kappa shape index (κ1) is 18.9. The average molecular weight is 408 g/mol. The Morgan fingerprint density at radius 1 is 0.963 bits per heavy atom. The van der Waals surface area contributed by atoms with Crippen LogP contribution >= 0.6 is 11.3 Å². The second-order valence-electron chi connectivity index (χ2n) is 5.07. The molecule has 11 heteroatoms. The van der Waals surface area contributed by atoms with Crippen molar-refractivity contribution in [2.75, 3.05) is 26.1 Å². The predicted molar refractivity (Wildman–Crippen MR) is 100 cm³/mol. The molecule has 0 saturated heterocycles. The lowest BCUT2D eigenvalue weighted by atomic mass is 10.3. The first-order valence-electron chi connectivity index (χ1n) is 7.57. The zero-order chi connectivity index (χ0) is 19.4. The minimum atomic E-state index is -4.02. The van der Waals surface area contributed by atoms with Gasteiger partial charge in [0.05, 0.1) is 26.9 Å². The van der Waals surface area contributed by atoms with Crippen LogP contribution in [0.2, 0.25) is 0 Å². The topological polar surface area (TPSA) is 113 Å². The molecule has 142 valence electrons. The van der Waals surface area contributed by atoms with Crippen molar-refractivity contribution in [3.05, 3.63) is 36.5 Å². The molecule has 0 fully saturated rings. The van der Waals surface area contributed by atoms with E-state index in [1.807, 2.05) is 0 Å². The number of aromatic nitrogens is 3. The molecule has 2 heterocycles. The molecule has 3 aromatic rings. The van der Waals surface area contributed by atoms with Gasteiger partial charge in [-0.1, -0.05) is 17.4 Å². The van der Waals surface area contributed by atoms with Crippen molar-refractivity contribution < 1.29 is 22.6 Å². The van der Waals surface area contributed by atoms with Crippen LogP contribution in [0.5, 0.6) is 17.4 Å². The molecule has 0 bridgehead atoms. The van der Waals surface area contributed by atoms with E-state index >= 15 is 0 Å². The predicted octanol–water partition coefficient (Wildman–Crippen LogP) is 2.43. The minimum absolute atomic E-state index is 0.0869. The molecule has 0 spiro atoms. The first-order chi connectivity index (χ1) is 13.0. The lowest BCUT2D eigenvalue weighted by Gasteiger charge is -2.13. The summed E-state index contributed by atoms with van der Waals surface area (Å²) in [5.41, 5.74) is 0.609. The van der Waals surface area contributed by atoms with E-state index < -0.39 is 10.0 Å². The molecule has 3 rings (SSSR count). The van der Waals surface area contributed by atoms with Crippen molar-refractivity contribution in [2.24, 2.45) is 0 Å². The molecule has 0 saturated carbocycles. The third-order valence-corrected chi connectivity index (χ3v) is 5.90. The van der Waals surface area contributed by atoms with Crippen LogP contribution in [0.15, 0.2) is 41.4 Å². The van der Waals surface area contributed by atoms with Gasteiger partial charge >= 0.3 is 0 Å². The van der Waals surface area contributed by atoms with E-state index in [1.165, 1.54) is 33.5 Å². The van der Waals surface area contributed by atoms with E-state index in [-0.39, 0.29) is 21.5 Å². The van der Waals surface area contributed by atoms with E-state index in [2.05, 4.69) is 19.9 Å². The number of methoxy groups -OCH3 is 3. The molecular weight excluding hydrogens is 392 g/mol. The number of pyridine rings is 1. The zero-order valence-corrected chi connectivity index (χ0v) is 16.3. The molecular formula is C16H16N4O5S2. The number of nitrogens with one attached hydrogen (secondary N) is 1. The summed E-state index contributed by atoms with van der Waals surface area (Å²) in [6.07, 6.45) is 1.58. The Hall–Kier alpha value is -2.92. The molecule has 1 N–H and O–H groups in total. The molecule has 2 aromatic heterocycles. The van der Waals surface area contributed by atoms with Gasteiger partial charge in [-0.25, -0.2) is 13.4 Å². The Kier molecular flexibility index (Phi) is 5.42. The highest BCUT2D eigenvalue weighted by atomic mass is 32.2. The molecule has 0 radical (unpaired) electrons. The lowest BCUT2D eigenvalue weighted by molar-refractivity contribution is 0.373. The summed E-state index contributed by atoms with van der Waals surface area (Å²) in [4.78, 5) is 3.98. The number of sulfonamides is 1. The van der Waals surface area contributed by atoms with Crippen LogP contribution in [-0.2, 0) is 10.0 Å². The molecule has 0 unspecified atom stereocenters. The summed E-state index contributed by atoms with van der Waals surface area (Å²) < 4.78 is 43.6. The Balaban J connectivity index is 1.96. The highest BCUT2D eigenvalue weighted by Gasteiger charge is 2.26. The molecule has 0 aliphatic carbocycles. The van der Waals surface area contributed by atoms with Gasteiger partial charge in [-0.15, -0.1) is 10.2 Å². The normalized spacial score (nSPS) is 11.1. The van der Waals surface area contributed by atoms with Crippen LogP contribution in [0, 0.1) is 0 Å². The number of nitrogens with zero attached hydrogens (tertiary/aromatic N) is 3. The fourth-order valence-corrected chi connectivity index (χ4v) is 4.65. The summed E-state index contributed by atoms with van der Waals surface area (Å²) in [6.45, 7) is 0. The van der Waals surface area contributed by atoms with Crippen LogP contribution in [0.4, 0.5) is 5.13 Å². The number of anilines is 1. The van der Waals surface area contributed by atoms with Crippen molar-refractivity contribution in [2.45, 2.75) is 4.90 Å². The summed E-state index contributed by atoms with van der Waals surface area (Å²) >= 11 is 1.05. The molecule has 27 heavy (non-hydrogen) atoms. The van der Waals surface area contributed by atoms with E-state index in [4.69, 9.17) is 14.2 Å². The number of benzene rings is 1. The number of hydrogen-bond donors (Lipinski definition) is 1. The summed E-state index contributed by atoms with van der Waals surface area (Å²) in [5, 5.41) is 8.47. The number of rotatable bonds is 7. The quantitative estimate of drug-likeness (QED) is 0.634. The highest BCUT2D eigenvalue weighted by Crippen LogP contribution is 2.36. The van der Waals surface area contributed by atoms with Gasteiger partial charge < -0.3 is 14.2 Å². The Labute approximate surface area is 160 Å². The largest absolute Gasteiger partial charge is 0.495 e. The minimum Gasteiger partial charge on any atom is -0.495 e. The van der Waals surface area contributed by atoms with Gasteiger partial charge in [0.15, 0.2) is 9.90 Å². The number of hydrogen-bond acceptors (Lipinski definition) is 9. The van der Waals surface area contributed by atoms with Gasteiger partial charge in [-0.05, 0) is 24.3 Å². The Bertz CT molecular complexity index is 1030. The van der Waals surface area contributed by atoms with E-state index in [0.29, 0.717) is 16.5 Å². The average Bonchev–Trinajstić information content (AvgIpc) is 3.14. The second kappa shape index (κ2) is 7.76. The monoisotopic (exact) mass is 408 g/mol. The van der Waals surface area contributed by atoms with E-state index in [0.717, 1.165) is 11.3 Å². The molecule has 0 atom stereocenters. The van der Waals surface area contributed by atoms with Crippen LogP contribution in [-0.4, -0.2) is 44.9 Å². The Morgan fingerprint density at radius 3 is 2.30 bits per heavy atom. The van der Waals surface area contributed by atoms with Gasteiger partial charge in [0.2, 0.25) is 11.0 Å². The van der Waals surface area contributed by atoms with Crippen LogP contribution in [0.25, 0.3) is 10.6 Å². The zero-order valence-electron chi connectivity index (χ0n) is 14.7. The van der Waals surface area contributed by atoms with E-state index in [9.17, 15) is 8.42 Å². The third kappa shape index (κ3) is 3.78. The maximum atomic E-state index is 12.9. The number of ether oxygens (including phenoxy) is 3. The maximum absolute atomic E-state index is 12.9. The second-order valence-corrected chi connectivity index (χ2v) is 7.67. The smallest absolute Gasteiger partial charge is 0.271 e. The van der Waals surface area contributed by atoms with Gasteiger partial charge in [0, 0.05) is 6.20 Å². The molecule has 0 amide bonds. The molecule has 1 aromatic carbocycles. The maximum Gasteiger partial charge on any atom is 0.271 e. The SMILES string of the molecule is COc1cccc(OC)c1S(=O)(=O)Nc1nnc(-c2cccnc2OC)s1. The summed E-state index contributed by atoms with van der Waals surface area (Å²) in [7, 11) is 0.229. The fraction of sp³-hybridized carbons (Fsp3) is 0.188. The van der Waals surface area contributed by atoms with Crippen molar-refractivity contribution >= 4 is 26.5 Å². The van der Waals surface area contributed by atoms with Crippen molar-refractivity contribution in [1.82, 2.24) is 15.2 Å². The van der Waals surface area contributed by atoms with Crippen LogP contribution in [0.3, 0.4) is 0 Å². The van der Waals surface area contributed by atoms with Crippen LogP contribution < -0.4 is 18.9 Å². The molecule has 0 aliphatic rings. The van der Waals surface area contributed by atoms with Gasteiger partial charge in [-0.2, -0.15) is 0 Å². The molecule has 0 aliphatic heterocycles. The van der Waals surface area contributed by atoms with Gasteiger partial charge in [-0.3, -0.25) is 4.72 Å². The van der Waals surface area contributed by atoms with E-state index in [1.54, 1.807) is 24.4 Å². The van der Waals surface area contributed by atoms with Gasteiger partial charge in [0.1, 0.15) is 11.5 Å². The molecule has 9 nitrogen and oxygen atoms in total. The van der Waals surface area contributed by atoms with Crippen molar-refractivity contribution in [1.29, 1.82) is 0 Å².